The molecule has 3 heteroatoms. The predicted octanol–water partition coefficient (Wildman–Crippen LogP) is 3.64. The van der Waals surface area contributed by atoms with Gasteiger partial charge in [-0.3, -0.25) is 0 Å². The number of aliphatic hydroxyl groups is 1. The van der Waals surface area contributed by atoms with Gasteiger partial charge in [0.2, 0.25) is 0 Å². The second-order valence-corrected chi connectivity index (χ2v) is 8.27. The fraction of sp³-hybridized carbons (Fsp3) is 1.00. The minimum absolute atomic E-state index is 0.413. The monoisotopic (exact) mass is 298 g/mol. The van der Waals surface area contributed by atoms with Crippen molar-refractivity contribution in [1.82, 2.24) is 0 Å². The molecule has 0 aliphatic heterocycles. The molecule has 1 N–H and O–H groups in total. The summed E-state index contributed by atoms with van der Waals surface area (Å²) in [5, 5.41) is 9.76. The van der Waals surface area contributed by atoms with Crippen molar-refractivity contribution in [3.63, 3.8) is 0 Å². The average molecular weight is 298 g/mol. The average Bonchev–Trinajstić information content (AvgIpc) is 2.73. The molecule has 4 unspecified atom stereocenters. The Morgan fingerprint density at radius 1 is 1.29 bits per heavy atom. The summed E-state index contributed by atoms with van der Waals surface area (Å²) in [6.07, 6.45) is 6.91. The maximum atomic E-state index is 9.76. The molecule has 0 heterocycles. The maximum absolute atomic E-state index is 9.76. The normalized spacial score (nSPS) is 38.3. The van der Waals surface area contributed by atoms with E-state index >= 15 is 0 Å². The van der Waals surface area contributed by atoms with E-state index in [0.717, 1.165) is 18.4 Å². The van der Waals surface area contributed by atoms with E-state index in [1.807, 2.05) is 7.11 Å². The smallest absolute Gasteiger partial charge is 0.0824 e. The first-order valence-electron chi connectivity index (χ1n) is 8.61. The minimum atomic E-state index is -0.728. The van der Waals surface area contributed by atoms with Gasteiger partial charge in [0.1, 0.15) is 0 Å². The molecule has 0 aromatic carbocycles. The third kappa shape index (κ3) is 3.80. The van der Waals surface area contributed by atoms with E-state index in [-0.39, 0.29) is 0 Å². The van der Waals surface area contributed by atoms with Gasteiger partial charge in [-0.15, -0.1) is 0 Å². The highest BCUT2D eigenvalue weighted by Crippen LogP contribution is 2.58. The van der Waals surface area contributed by atoms with Crippen molar-refractivity contribution in [2.24, 2.45) is 23.2 Å². The highest BCUT2D eigenvalue weighted by atomic mass is 16.5. The molecule has 0 aromatic heterocycles. The summed E-state index contributed by atoms with van der Waals surface area (Å²) < 4.78 is 11.5. The zero-order valence-corrected chi connectivity index (χ0v) is 14.5. The van der Waals surface area contributed by atoms with Crippen LogP contribution in [0.1, 0.15) is 59.8 Å². The Hall–Kier alpha value is -0.120. The van der Waals surface area contributed by atoms with Crippen LogP contribution in [0.5, 0.6) is 0 Å². The standard InChI is InChI=1S/C18H34O3/c1-13(11-21-12-17(2,3)19)14-8-9-15-16(20-5)7-6-10-18(14,15)4/h13-16,19H,6-12H2,1-5H3/t13?,14?,15?,16?,18-/m1/s1. The van der Waals surface area contributed by atoms with Gasteiger partial charge in [-0.25, -0.2) is 0 Å². The zero-order valence-electron chi connectivity index (χ0n) is 14.5. The lowest BCUT2D eigenvalue weighted by molar-refractivity contribution is -0.0673. The van der Waals surface area contributed by atoms with E-state index in [1.165, 1.54) is 32.1 Å². The third-order valence-electron chi connectivity index (χ3n) is 5.96. The van der Waals surface area contributed by atoms with E-state index < -0.39 is 5.60 Å². The third-order valence-corrected chi connectivity index (χ3v) is 5.96. The molecular formula is C18H34O3. The molecule has 2 saturated carbocycles. The van der Waals surface area contributed by atoms with E-state index in [1.54, 1.807) is 13.8 Å². The van der Waals surface area contributed by atoms with Crippen molar-refractivity contribution in [3.05, 3.63) is 0 Å². The number of ether oxygens (including phenoxy) is 2. The van der Waals surface area contributed by atoms with E-state index in [4.69, 9.17) is 9.47 Å². The maximum Gasteiger partial charge on any atom is 0.0824 e. The lowest BCUT2D eigenvalue weighted by Crippen LogP contribution is -2.43. The molecule has 2 rings (SSSR count). The van der Waals surface area contributed by atoms with Gasteiger partial charge in [0, 0.05) is 13.7 Å². The van der Waals surface area contributed by atoms with Gasteiger partial charge < -0.3 is 14.6 Å². The Labute approximate surface area is 130 Å². The Morgan fingerprint density at radius 3 is 2.62 bits per heavy atom. The molecule has 3 nitrogen and oxygen atoms in total. The van der Waals surface area contributed by atoms with E-state index in [2.05, 4.69) is 13.8 Å². The topological polar surface area (TPSA) is 38.7 Å². The number of fused-ring (bicyclic) bond motifs is 1. The molecule has 2 fully saturated rings. The van der Waals surface area contributed by atoms with E-state index in [0.29, 0.717) is 24.0 Å². The van der Waals surface area contributed by atoms with Crippen LogP contribution < -0.4 is 0 Å². The Kier molecular flexibility index (Phi) is 5.38. The second kappa shape index (κ2) is 6.55. The van der Waals surface area contributed by atoms with Gasteiger partial charge in [0.05, 0.1) is 18.3 Å². The number of rotatable bonds is 6. The van der Waals surface area contributed by atoms with Crippen molar-refractivity contribution < 1.29 is 14.6 Å². The summed E-state index contributed by atoms with van der Waals surface area (Å²) in [6.45, 7) is 9.58. The van der Waals surface area contributed by atoms with Crippen molar-refractivity contribution in [2.75, 3.05) is 20.3 Å². The highest BCUT2D eigenvalue weighted by molar-refractivity contribution is 5.02. The van der Waals surface area contributed by atoms with Crippen LogP contribution in [0.25, 0.3) is 0 Å². The van der Waals surface area contributed by atoms with Crippen molar-refractivity contribution in [1.29, 1.82) is 0 Å². The minimum Gasteiger partial charge on any atom is -0.388 e. The first-order valence-corrected chi connectivity index (χ1v) is 8.61. The molecule has 0 amide bonds. The van der Waals surface area contributed by atoms with Crippen LogP contribution in [0.15, 0.2) is 0 Å². The SMILES string of the molecule is COC1CCC[C@]2(C)C(C(C)COCC(C)(C)O)CCC12. The van der Waals surface area contributed by atoms with E-state index in [9.17, 15) is 5.11 Å². The molecule has 124 valence electrons. The summed E-state index contributed by atoms with van der Waals surface area (Å²) >= 11 is 0. The zero-order chi connectivity index (χ0) is 15.7. The van der Waals surface area contributed by atoms with Crippen LogP contribution in [-0.2, 0) is 9.47 Å². The molecule has 0 aromatic rings. The lowest BCUT2D eigenvalue weighted by Gasteiger charge is -2.46. The van der Waals surface area contributed by atoms with Crippen LogP contribution in [0.2, 0.25) is 0 Å². The molecule has 2 aliphatic rings. The van der Waals surface area contributed by atoms with Gasteiger partial charge in [-0.2, -0.15) is 0 Å². The van der Waals surface area contributed by atoms with Crippen LogP contribution in [0.4, 0.5) is 0 Å². The summed E-state index contributed by atoms with van der Waals surface area (Å²) in [6, 6.07) is 0. The molecule has 2 aliphatic carbocycles. The summed E-state index contributed by atoms with van der Waals surface area (Å²) in [5.41, 5.74) is -0.315. The first kappa shape index (κ1) is 17.2. The molecule has 0 bridgehead atoms. The van der Waals surface area contributed by atoms with Crippen molar-refractivity contribution in [2.45, 2.75) is 71.5 Å². The molecule has 0 radical (unpaired) electrons. The highest BCUT2D eigenvalue weighted by Gasteiger charge is 2.52. The molecule has 0 saturated heterocycles. The number of hydrogen-bond donors (Lipinski definition) is 1. The fourth-order valence-electron chi connectivity index (χ4n) is 4.99. The molecular weight excluding hydrogens is 264 g/mol. The van der Waals surface area contributed by atoms with Crippen molar-refractivity contribution in [3.8, 4) is 0 Å². The van der Waals surface area contributed by atoms with Crippen molar-refractivity contribution >= 4 is 0 Å². The van der Waals surface area contributed by atoms with Gasteiger partial charge in [-0.05, 0) is 62.7 Å². The first-order chi connectivity index (χ1) is 9.78. The largest absolute Gasteiger partial charge is 0.388 e. The predicted molar refractivity (Wildman–Crippen MR) is 85.2 cm³/mol. The van der Waals surface area contributed by atoms with Gasteiger partial charge in [0.25, 0.3) is 0 Å². The van der Waals surface area contributed by atoms with Gasteiger partial charge >= 0.3 is 0 Å². The van der Waals surface area contributed by atoms with Crippen LogP contribution >= 0.6 is 0 Å². The number of methoxy groups -OCH3 is 1. The Balaban J connectivity index is 1.94. The molecule has 5 atom stereocenters. The van der Waals surface area contributed by atoms with Gasteiger partial charge in [-0.1, -0.05) is 20.3 Å². The number of hydrogen-bond acceptors (Lipinski definition) is 3. The van der Waals surface area contributed by atoms with Gasteiger partial charge in [0.15, 0.2) is 0 Å². The lowest BCUT2D eigenvalue weighted by atomic mass is 9.62. The van der Waals surface area contributed by atoms with Crippen LogP contribution in [0, 0.1) is 23.2 Å². The van der Waals surface area contributed by atoms with Crippen LogP contribution in [0.3, 0.4) is 0 Å². The van der Waals surface area contributed by atoms with Crippen LogP contribution in [-0.4, -0.2) is 37.1 Å². The summed E-state index contributed by atoms with van der Waals surface area (Å²) in [4.78, 5) is 0. The second-order valence-electron chi connectivity index (χ2n) is 8.27. The molecule has 21 heavy (non-hydrogen) atoms. The Bertz CT molecular complexity index is 336. The molecule has 0 spiro atoms. The Morgan fingerprint density at radius 2 is 2.00 bits per heavy atom. The summed E-state index contributed by atoms with van der Waals surface area (Å²) in [5.74, 6) is 2.00. The fourth-order valence-corrected chi connectivity index (χ4v) is 4.99. The summed E-state index contributed by atoms with van der Waals surface area (Å²) in [7, 11) is 1.87. The quantitative estimate of drug-likeness (QED) is 0.813.